The topological polar surface area (TPSA) is 63.6 Å². The molecule has 0 amide bonds. The highest BCUT2D eigenvalue weighted by Gasteiger charge is 2.04. The smallest absolute Gasteiger partial charge is 0.311 e. The lowest BCUT2D eigenvalue weighted by Crippen LogP contribution is -2.07. The molecule has 1 aromatic carbocycles. The number of esters is 1. The van der Waals surface area contributed by atoms with E-state index < -0.39 is 5.97 Å². The fourth-order valence-electron chi connectivity index (χ4n) is 0.866. The van der Waals surface area contributed by atoms with Crippen LogP contribution in [0.2, 0.25) is 0 Å². The molecule has 5 heteroatoms. The molecule has 74 valence electrons. The van der Waals surface area contributed by atoms with E-state index in [1.54, 1.807) is 12.1 Å². The van der Waals surface area contributed by atoms with Crippen molar-refractivity contribution in [1.29, 1.82) is 0 Å². The lowest BCUT2D eigenvalue weighted by molar-refractivity contribution is -0.133. The van der Waals surface area contributed by atoms with E-state index in [4.69, 9.17) is 9.84 Å². The van der Waals surface area contributed by atoms with Gasteiger partial charge in [-0.1, -0.05) is 6.07 Å². The SMILES string of the molecule is O=PCCC(=O)Oc1cccc(O)c1. The van der Waals surface area contributed by atoms with Crippen LogP contribution in [0.4, 0.5) is 0 Å². The number of aromatic hydroxyl groups is 1. The molecular weight excluding hydrogens is 203 g/mol. The van der Waals surface area contributed by atoms with Gasteiger partial charge < -0.3 is 9.84 Å². The molecule has 0 saturated carbocycles. The van der Waals surface area contributed by atoms with Crippen LogP contribution in [-0.4, -0.2) is 17.2 Å². The minimum atomic E-state index is -0.459. The summed E-state index contributed by atoms with van der Waals surface area (Å²) in [7, 11) is -0.0739. The molecule has 1 rings (SSSR count). The number of rotatable bonds is 4. The third-order valence-corrected chi connectivity index (χ3v) is 1.86. The number of ether oxygens (including phenoxy) is 1. The summed E-state index contributed by atoms with van der Waals surface area (Å²) in [4.78, 5) is 11.0. The van der Waals surface area contributed by atoms with E-state index in [-0.39, 0.29) is 32.5 Å². The van der Waals surface area contributed by atoms with Crippen LogP contribution in [0.1, 0.15) is 6.42 Å². The monoisotopic (exact) mass is 212 g/mol. The average molecular weight is 212 g/mol. The fraction of sp³-hybridized carbons (Fsp3) is 0.222. The summed E-state index contributed by atoms with van der Waals surface area (Å²) < 4.78 is 14.9. The molecule has 1 aromatic rings. The zero-order chi connectivity index (χ0) is 10.4. The molecular formula is C9H9O4P. The Bertz CT molecular complexity index is 337. The van der Waals surface area contributed by atoms with Gasteiger partial charge in [0, 0.05) is 12.2 Å². The molecule has 0 spiro atoms. The highest BCUT2D eigenvalue weighted by Crippen LogP contribution is 2.18. The molecule has 0 heterocycles. The van der Waals surface area contributed by atoms with Gasteiger partial charge in [-0.3, -0.25) is 9.36 Å². The van der Waals surface area contributed by atoms with Crippen molar-refractivity contribution < 1.29 is 19.2 Å². The maximum Gasteiger partial charge on any atom is 0.311 e. The number of hydrogen-bond acceptors (Lipinski definition) is 4. The molecule has 0 aromatic heterocycles. The Balaban J connectivity index is 2.51. The second-order valence-electron chi connectivity index (χ2n) is 2.57. The van der Waals surface area contributed by atoms with Crippen LogP contribution >= 0.6 is 8.46 Å². The zero-order valence-electron chi connectivity index (χ0n) is 7.34. The van der Waals surface area contributed by atoms with Crippen molar-refractivity contribution in [3.05, 3.63) is 24.3 Å². The van der Waals surface area contributed by atoms with Gasteiger partial charge in [0.25, 0.3) is 0 Å². The number of benzene rings is 1. The maximum absolute atomic E-state index is 11.0. The van der Waals surface area contributed by atoms with Gasteiger partial charge in [-0.15, -0.1) is 0 Å². The van der Waals surface area contributed by atoms with Gasteiger partial charge in [0.05, 0.1) is 6.42 Å². The minimum Gasteiger partial charge on any atom is -0.508 e. The Hall–Kier alpha value is -1.41. The summed E-state index contributed by atoms with van der Waals surface area (Å²) in [6.07, 6.45) is 0.346. The van der Waals surface area contributed by atoms with Crippen LogP contribution in [0, 0.1) is 0 Å². The second-order valence-corrected chi connectivity index (χ2v) is 3.28. The number of hydrogen-bond donors (Lipinski definition) is 1. The Morgan fingerprint density at radius 2 is 2.29 bits per heavy atom. The Kier molecular flexibility index (Phi) is 4.08. The van der Waals surface area contributed by atoms with Gasteiger partial charge in [0.15, 0.2) is 8.46 Å². The summed E-state index contributed by atoms with van der Waals surface area (Å²) in [5.41, 5.74) is 0. The van der Waals surface area contributed by atoms with Crippen LogP contribution in [0.15, 0.2) is 24.3 Å². The van der Waals surface area contributed by atoms with Crippen molar-refractivity contribution >= 4 is 14.4 Å². The van der Waals surface area contributed by atoms with Crippen molar-refractivity contribution in [1.82, 2.24) is 0 Å². The number of carbonyl (C=O) groups excluding carboxylic acids is 1. The number of phenols is 1. The third-order valence-electron chi connectivity index (χ3n) is 1.46. The van der Waals surface area contributed by atoms with E-state index in [9.17, 15) is 9.36 Å². The van der Waals surface area contributed by atoms with Crippen molar-refractivity contribution in [3.8, 4) is 11.5 Å². The lowest BCUT2D eigenvalue weighted by Gasteiger charge is -2.02. The van der Waals surface area contributed by atoms with Gasteiger partial charge in [-0.05, 0) is 12.1 Å². The quantitative estimate of drug-likeness (QED) is 0.470. The van der Waals surface area contributed by atoms with Crippen LogP contribution in [0.5, 0.6) is 11.5 Å². The van der Waals surface area contributed by atoms with E-state index in [2.05, 4.69) is 0 Å². The lowest BCUT2D eigenvalue weighted by atomic mass is 10.3. The van der Waals surface area contributed by atoms with E-state index >= 15 is 0 Å². The molecule has 0 radical (unpaired) electrons. The standard InChI is InChI=1S/C9H9O4P/c10-7-2-1-3-8(6-7)13-9(11)4-5-14-12/h1-3,6,10H,4-5H2. The van der Waals surface area contributed by atoms with E-state index in [0.29, 0.717) is 0 Å². The maximum atomic E-state index is 11.0. The Labute approximate surface area is 82.7 Å². The summed E-state index contributed by atoms with van der Waals surface area (Å²) >= 11 is 0. The van der Waals surface area contributed by atoms with Crippen molar-refractivity contribution in [2.45, 2.75) is 6.42 Å². The first-order valence-electron chi connectivity index (χ1n) is 4.01. The molecule has 0 aliphatic rings. The first kappa shape index (κ1) is 10.7. The first-order valence-corrected chi connectivity index (χ1v) is 5.01. The molecule has 0 bridgehead atoms. The van der Waals surface area contributed by atoms with Gasteiger partial charge in [0.1, 0.15) is 11.5 Å². The van der Waals surface area contributed by atoms with Gasteiger partial charge >= 0.3 is 5.97 Å². The van der Waals surface area contributed by atoms with Crippen molar-refractivity contribution in [3.63, 3.8) is 0 Å². The van der Waals surface area contributed by atoms with Crippen LogP contribution in [0.25, 0.3) is 0 Å². The molecule has 0 unspecified atom stereocenters. The fourth-order valence-corrected chi connectivity index (χ4v) is 1.14. The third kappa shape index (κ3) is 3.54. The minimum absolute atomic E-state index is 0.0391. The zero-order valence-corrected chi connectivity index (χ0v) is 8.24. The van der Waals surface area contributed by atoms with Crippen molar-refractivity contribution in [2.24, 2.45) is 0 Å². The number of carbonyl (C=O) groups is 1. The van der Waals surface area contributed by atoms with Gasteiger partial charge in [-0.25, -0.2) is 0 Å². The van der Waals surface area contributed by atoms with E-state index in [1.165, 1.54) is 12.1 Å². The molecule has 0 fully saturated rings. The molecule has 0 aliphatic carbocycles. The van der Waals surface area contributed by atoms with Gasteiger partial charge in [0.2, 0.25) is 0 Å². The second kappa shape index (κ2) is 5.35. The van der Waals surface area contributed by atoms with Crippen LogP contribution in [-0.2, 0) is 9.36 Å². The molecule has 14 heavy (non-hydrogen) atoms. The Morgan fingerprint density at radius 1 is 1.50 bits per heavy atom. The Morgan fingerprint density at radius 3 is 2.93 bits per heavy atom. The highest BCUT2D eigenvalue weighted by molar-refractivity contribution is 7.23. The number of phenolic OH excluding ortho intramolecular Hbond substituents is 1. The summed E-state index contributed by atoms with van der Waals surface area (Å²) in [6.45, 7) is 0. The summed E-state index contributed by atoms with van der Waals surface area (Å²) in [5.74, 6) is -0.131. The first-order chi connectivity index (χ1) is 6.72. The molecule has 0 saturated heterocycles. The predicted molar refractivity (Wildman–Crippen MR) is 50.8 cm³/mol. The highest BCUT2D eigenvalue weighted by atomic mass is 31.1. The van der Waals surface area contributed by atoms with Gasteiger partial charge in [-0.2, -0.15) is 0 Å². The molecule has 4 nitrogen and oxygen atoms in total. The summed E-state index contributed by atoms with van der Waals surface area (Å²) in [5, 5.41) is 9.06. The molecule has 0 aliphatic heterocycles. The predicted octanol–water partition coefficient (Wildman–Crippen LogP) is 1.98. The largest absolute Gasteiger partial charge is 0.508 e. The summed E-state index contributed by atoms with van der Waals surface area (Å²) in [6, 6.07) is 5.96. The van der Waals surface area contributed by atoms with Crippen molar-refractivity contribution in [2.75, 3.05) is 6.16 Å². The van der Waals surface area contributed by atoms with E-state index in [1.807, 2.05) is 0 Å². The molecule has 0 atom stereocenters. The average Bonchev–Trinajstić information content (AvgIpc) is 2.15. The van der Waals surface area contributed by atoms with Crippen LogP contribution in [0.3, 0.4) is 0 Å². The van der Waals surface area contributed by atoms with E-state index in [0.717, 1.165) is 0 Å². The normalized spacial score (nSPS) is 10.0. The molecule has 1 N–H and O–H groups in total. The van der Waals surface area contributed by atoms with Crippen LogP contribution < -0.4 is 4.74 Å².